The molecule has 0 saturated carbocycles. The van der Waals surface area contributed by atoms with Crippen molar-refractivity contribution < 1.29 is 14.0 Å². The van der Waals surface area contributed by atoms with Crippen LogP contribution in [0.2, 0.25) is 0 Å². The number of amides is 2. The van der Waals surface area contributed by atoms with Crippen LogP contribution in [-0.2, 0) is 9.59 Å². The van der Waals surface area contributed by atoms with Gasteiger partial charge in [0.05, 0.1) is 6.26 Å². The van der Waals surface area contributed by atoms with Gasteiger partial charge in [-0.3, -0.25) is 9.59 Å². The SMILES string of the molecule is O=C(Nc1ccccc1)C1CCCN1C(=O)C=Cc1ccco1. The molecule has 0 radical (unpaired) electrons. The Morgan fingerprint density at radius 2 is 2.00 bits per heavy atom. The van der Waals surface area contributed by atoms with Gasteiger partial charge in [-0.2, -0.15) is 0 Å². The van der Waals surface area contributed by atoms with Crippen molar-refractivity contribution in [3.8, 4) is 0 Å². The molecule has 23 heavy (non-hydrogen) atoms. The summed E-state index contributed by atoms with van der Waals surface area (Å²) in [5.74, 6) is 0.295. The highest BCUT2D eigenvalue weighted by molar-refractivity contribution is 6.00. The Balaban J connectivity index is 1.65. The van der Waals surface area contributed by atoms with E-state index in [4.69, 9.17) is 4.42 Å². The number of hydrogen-bond donors (Lipinski definition) is 1. The molecule has 1 fully saturated rings. The van der Waals surface area contributed by atoms with E-state index in [1.54, 1.807) is 29.4 Å². The molecule has 1 aromatic heterocycles. The summed E-state index contributed by atoms with van der Waals surface area (Å²) in [5, 5.41) is 2.86. The molecule has 0 bridgehead atoms. The predicted molar refractivity (Wildman–Crippen MR) is 87.5 cm³/mol. The quantitative estimate of drug-likeness (QED) is 0.883. The maximum Gasteiger partial charge on any atom is 0.247 e. The van der Waals surface area contributed by atoms with Crippen LogP contribution < -0.4 is 5.32 Å². The number of hydrogen-bond acceptors (Lipinski definition) is 3. The summed E-state index contributed by atoms with van der Waals surface area (Å²) in [6, 6.07) is 12.4. The average molecular weight is 310 g/mol. The third-order valence-electron chi connectivity index (χ3n) is 3.81. The van der Waals surface area contributed by atoms with E-state index < -0.39 is 6.04 Å². The van der Waals surface area contributed by atoms with E-state index in [9.17, 15) is 9.59 Å². The lowest BCUT2D eigenvalue weighted by Crippen LogP contribution is -2.42. The molecule has 0 aliphatic carbocycles. The Morgan fingerprint density at radius 1 is 1.17 bits per heavy atom. The van der Waals surface area contributed by atoms with E-state index in [1.165, 1.54) is 6.08 Å². The van der Waals surface area contributed by atoms with Gasteiger partial charge >= 0.3 is 0 Å². The number of carbonyl (C=O) groups excluding carboxylic acids is 2. The standard InChI is InChI=1S/C18H18N2O3/c21-17(11-10-15-8-5-13-23-15)20-12-4-9-16(20)18(22)19-14-6-2-1-3-7-14/h1-3,5-8,10-11,13,16H,4,9,12H2,(H,19,22). The fourth-order valence-corrected chi connectivity index (χ4v) is 2.69. The Bertz CT molecular complexity index is 692. The topological polar surface area (TPSA) is 62.6 Å². The maximum absolute atomic E-state index is 12.4. The van der Waals surface area contributed by atoms with Gasteiger partial charge < -0.3 is 14.6 Å². The molecule has 2 amide bonds. The van der Waals surface area contributed by atoms with Crippen molar-refractivity contribution in [1.29, 1.82) is 0 Å². The van der Waals surface area contributed by atoms with Gasteiger partial charge in [0.15, 0.2) is 0 Å². The molecule has 0 spiro atoms. The van der Waals surface area contributed by atoms with Gasteiger partial charge in [-0.1, -0.05) is 18.2 Å². The zero-order valence-corrected chi connectivity index (χ0v) is 12.6. The number of para-hydroxylation sites is 1. The van der Waals surface area contributed by atoms with Crippen molar-refractivity contribution in [2.45, 2.75) is 18.9 Å². The highest BCUT2D eigenvalue weighted by atomic mass is 16.3. The van der Waals surface area contributed by atoms with Crippen LogP contribution in [0.15, 0.2) is 59.2 Å². The Kier molecular flexibility index (Phi) is 4.57. The minimum absolute atomic E-state index is 0.145. The van der Waals surface area contributed by atoms with Gasteiger partial charge in [-0.15, -0.1) is 0 Å². The van der Waals surface area contributed by atoms with Gasteiger partial charge in [0.1, 0.15) is 11.8 Å². The molecule has 3 rings (SSSR count). The summed E-state index contributed by atoms with van der Waals surface area (Å²) < 4.78 is 5.16. The van der Waals surface area contributed by atoms with E-state index in [-0.39, 0.29) is 11.8 Å². The van der Waals surface area contributed by atoms with E-state index in [1.807, 2.05) is 30.3 Å². The van der Waals surface area contributed by atoms with Gasteiger partial charge in [0.2, 0.25) is 11.8 Å². The molecule has 1 aliphatic rings. The number of nitrogens with zero attached hydrogens (tertiary/aromatic N) is 1. The van der Waals surface area contributed by atoms with Crippen LogP contribution in [0.3, 0.4) is 0 Å². The fourth-order valence-electron chi connectivity index (χ4n) is 2.69. The lowest BCUT2D eigenvalue weighted by Gasteiger charge is -2.22. The second-order valence-corrected chi connectivity index (χ2v) is 5.39. The number of furan rings is 1. The molecule has 2 heterocycles. The first-order valence-corrected chi connectivity index (χ1v) is 7.62. The molecular formula is C18H18N2O3. The van der Waals surface area contributed by atoms with Crippen LogP contribution in [0.25, 0.3) is 6.08 Å². The summed E-state index contributed by atoms with van der Waals surface area (Å²) in [7, 11) is 0. The molecule has 118 valence electrons. The van der Waals surface area contributed by atoms with Crippen molar-refractivity contribution in [2.24, 2.45) is 0 Å². The largest absolute Gasteiger partial charge is 0.465 e. The van der Waals surface area contributed by atoms with Gasteiger partial charge in [0.25, 0.3) is 0 Å². The first-order chi connectivity index (χ1) is 11.2. The van der Waals surface area contributed by atoms with Crippen LogP contribution in [0.4, 0.5) is 5.69 Å². The highest BCUT2D eigenvalue weighted by Gasteiger charge is 2.33. The first kappa shape index (κ1) is 15.1. The zero-order valence-electron chi connectivity index (χ0n) is 12.6. The monoisotopic (exact) mass is 310 g/mol. The molecule has 1 aromatic carbocycles. The number of nitrogens with one attached hydrogen (secondary N) is 1. The normalized spacial score (nSPS) is 17.6. The van der Waals surface area contributed by atoms with E-state index in [0.29, 0.717) is 18.7 Å². The molecule has 1 N–H and O–H groups in total. The summed E-state index contributed by atoms with van der Waals surface area (Å²) in [4.78, 5) is 26.3. The molecular weight excluding hydrogens is 292 g/mol. The third kappa shape index (κ3) is 3.69. The Hall–Kier alpha value is -2.82. The number of benzene rings is 1. The lowest BCUT2D eigenvalue weighted by atomic mass is 10.2. The third-order valence-corrected chi connectivity index (χ3v) is 3.81. The predicted octanol–water partition coefficient (Wildman–Crippen LogP) is 2.92. The number of rotatable bonds is 4. The maximum atomic E-state index is 12.4. The summed E-state index contributed by atoms with van der Waals surface area (Å²) in [5.41, 5.74) is 0.739. The van der Waals surface area contributed by atoms with Crippen LogP contribution in [-0.4, -0.2) is 29.3 Å². The number of carbonyl (C=O) groups is 2. The van der Waals surface area contributed by atoms with Crippen LogP contribution in [0, 0.1) is 0 Å². The molecule has 1 unspecified atom stereocenters. The average Bonchev–Trinajstić information content (AvgIpc) is 3.25. The minimum Gasteiger partial charge on any atom is -0.465 e. The Labute approximate surface area is 134 Å². The van der Waals surface area contributed by atoms with E-state index in [0.717, 1.165) is 12.1 Å². The van der Waals surface area contributed by atoms with E-state index in [2.05, 4.69) is 5.32 Å². The van der Waals surface area contributed by atoms with Crippen molar-refractivity contribution in [2.75, 3.05) is 11.9 Å². The molecule has 1 atom stereocenters. The molecule has 2 aromatic rings. The number of likely N-dealkylation sites (tertiary alicyclic amines) is 1. The zero-order chi connectivity index (χ0) is 16.1. The van der Waals surface area contributed by atoms with E-state index >= 15 is 0 Å². The van der Waals surface area contributed by atoms with Crippen LogP contribution in [0.1, 0.15) is 18.6 Å². The van der Waals surface area contributed by atoms with Crippen LogP contribution >= 0.6 is 0 Å². The van der Waals surface area contributed by atoms with Gasteiger partial charge in [0, 0.05) is 18.3 Å². The summed E-state index contributed by atoms with van der Waals surface area (Å²) >= 11 is 0. The van der Waals surface area contributed by atoms with Crippen molar-refractivity contribution in [3.63, 3.8) is 0 Å². The fraction of sp³-hybridized carbons (Fsp3) is 0.222. The smallest absolute Gasteiger partial charge is 0.247 e. The second kappa shape index (κ2) is 6.96. The van der Waals surface area contributed by atoms with Crippen LogP contribution in [0.5, 0.6) is 0 Å². The van der Waals surface area contributed by atoms with Crippen molar-refractivity contribution in [1.82, 2.24) is 4.90 Å². The first-order valence-electron chi connectivity index (χ1n) is 7.62. The van der Waals surface area contributed by atoms with Gasteiger partial charge in [-0.25, -0.2) is 0 Å². The lowest BCUT2D eigenvalue weighted by molar-refractivity contribution is -0.132. The number of anilines is 1. The summed E-state index contributed by atoms with van der Waals surface area (Å²) in [6.07, 6.45) is 6.13. The highest BCUT2D eigenvalue weighted by Crippen LogP contribution is 2.20. The molecule has 5 heteroatoms. The minimum atomic E-state index is -0.427. The Morgan fingerprint density at radius 3 is 2.74 bits per heavy atom. The molecule has 1 aliphatic heterocycles. The van der Waals surface area contributed by atoms with Crippen molar-refractivity contribution in [3.05, 3.63) is 60.6 Å². The second-order valence-electron chi connectivity index (χ2n) is 5.39. The van der Waals surface area contributed by atoms with Crippen molar-refractivity contribution >= 4 is 23.6 Å². The molecule has 5 nitrogen and oxygen atoms in total. The summed E-state index contributed by atoms with van der Waals surface area (Å²) in [6.45, 7) is 0.591. The molecule has 1 saturated heterocycles. The van der Waals surface area contributed by atoms with Gasteiger partial charge in [-0.05, 0) is 43.2 Å².